The van der Waals surface area contributed by atoms with Gasteiger partial charge in [0.05, 0.1) is 38.6 Å². The summed E-state index contributed by atoms with van der Waals surface area (Å²) in [6, 6.07) is 21.5. The summed E-state index contributed by atoms with van der Waals surface area (Å²) < 4.78 is 85.6. The first-order valence-electron chi connectivity index (χ1n) is 34.6. The zero-order valence-corrected chi connectivity index (χ0v) is 59.1. The highest BCUT2D eigenvalue weighted by Gasteiger charge is 2.53. The molecule has 0 unspecified atom stereocenters. The molecule has 22 heteroatoms. The lowest BCUT2D eigenvalue weighted by molar-refractivity contribution is -0.253. The highest BCUT2D eigenvalue weighted by Crippen LogP contribution is 2.42. The van der Waals surface area contributed by atoms with Crippen LogP contribution in [-0.4, -0.2) is 148 Å². The number of hydrogen-bond donors (Lipinski definition) is 0. The molecule has 2 aliphatic heterocycles. The summed E-state index contributed by atoms with van der Waals surface area (Å²) in [5, 5.41) is 0. The minimum absolute atomic E-state index is 0.309. The first kappa shape index (κ1) is 77.1. The van der Waals surface area contributed by atoms with E-state index in [1.165, 1.54) is 55.4 Å². The molecule has 8 bridgehead atoms. The van der Waals surface area contributed by atoms with Crippen molar-refractivity contribution < 1.29 is 105 Å². The number of hydrogen-bond acceptors (Lipinski definition) is 22. The Morgan fingerprint density at radius 1 is 0.337 bits per heavy atom. The summed E-state index contributed by atoms with van der Waals surface area (Å²) in [6.07, 6.45) is -1.87. The third kappa shape index (κ3) is 22.4. The quantitative estimate of drug-likeness (QED) is 0.0220. The van der Waals surface area contributed by atoms with Crippen LogP contribution in [0.1, 0.15) is 203 Å². The van der Waals surface area contributed by atoms with E-state index < -0.39 is 109 Å². The van der Waals surface area contributed by atoms with Gasteiger partial charge in [-0.2, -0.15) is 0 Å². The topological polar surface area (TPSA) is 266 Å². The van der Waals surface area contributed by atoms with E-state index >= 15 is 0 Å². The van der Waals surface area contributed by atoms with Crippen molar-refractivity contribution in [1.29, 1.82) is 0 Å². The lowest BCUT2D eigenvalue weighted by Crippen LogP contribution is -2.62. The molecular weight excluding hydrogens is 1260 g/mol. The molecule has 0 saturated carbocycles. The maximum atomic E-state index is 12.7. The minimum atomic E-state index is -1.25. The molecule has 7 rings (SSSR count). The van der Waals surface area contributed by atoms with E-state index in [-0.39, 0.29) is 13.2 Å². The average Bonchev–Trinajstić information content (AvgIpc) is 0.798. The predicted molar refractivity (Wildman–Crippen MR) is 359 cm³/mol. The smallest absolute Gasteiger partial charge is 0.303 e. The summed E-state index contributed by atoms with van der Waals surface area (Å²) in [5.74, 6) is -2.14. The van der Waals surface area contributed by atoms with Crippen molar-refractivity contribution in [3.63, 3.8) is 0 Å². The molecule has 10 atom stereocenters. The summed E-state index contributed by atoms with van der Waals surface area (Å²) in [4.78, 5) is 99.7. The Balaban J connectivity index is 1.28. The number of aryl methyl sites for hydroxylation is 2. The molecule has 536 valence electrons. The van der Waals surface area contributed by atoms with Gasteiger partial charge >= 0.3 is 47.8 Å². The fourth-order valence-corrected chi connectivity index (χ4v) is 13.1. The molecule has 0 aromatic heterocycles. The molecular formula is C76H100O22. The van der Waals surface area contributed by atoms with Gasteiger partial charge in [-0.1, -0.05) is 101 Å². The fourth-order valence-electron chi connectivity index (χ4n) is 13.1. The number of fused-ring (bicyclic) bond motifs is 8. The van der Waals surface area contributed by atoms with Gasteiger partial charge in [0.1, 0.15) is 48.4 Å². The number of carbonyl (C=O) groups excluding carboxylic acids is 8. The highest BCUT2D eigenvalue weighted by atomic mass is 16.7. The Labute approximate surface area is 575 Å². The van der Waals surface area contributed by atoms with Crippen LogP contribution in [-0.2, 0) is 124 Å². The third-order valence-electron chi connectivity index (χ3n) is 16.9. The van der Waals surface area contributed by atoms with Crippen LogP contribution in [0.15, 0.2) is 60.7 Å². The minimum Gasteiger partial charge on any atom is -0.493 e. The standard InChI is InChI=1S/C76H100O22/c1-13-31-85-67-55-25-21-26-56(67)40-60-36-54(24-18-20-30-64-72(92-48(8)80)76(96-52(12)84)74(94-50(10)82)66(98-64)44-90-46(6)78)38-62(70(60)88-34-16-4)42-58-28-22-27-57(68(58)86-32-14-2)41-61-37-53(35-59(39-55)69(61)87-33-15-3)23-17-19-29-63-71(91-47(7)79)75(95-51(11)83)73(93-49(9)81)65(97-63)43-89-45(5)77/h21-22,25-28,35-38,63-66,71-76H,13-20,23-24,29-34,39-44H2,1-12H3/t63-,64-,65+,66+,71-,72-,73-,74-,75+,76+/m0/s1. The van der Waals surface area contributed by atoms with Crippen molar-refractivity contribution in [2.75, 3.05) is 39.6 Å². The van der Waals surface area contributed by atoms with E-state index in [0.29, 0.717) is 103 Å². The van der Waals surface area contributed by atoms with Crippen LogP contribution in [0.4, 0.5) is 0 Å². The molecule has 0 amide bonds. The second kappa shape index (κ2) is 38.2. The van der Waals surface area contributed by atoms with E-state index in [2.05, 4.69) is 88.4 Å². The average molecular weight is 1370 g/mol. The van der Waals surface area contributed by atoms with Crippen molar-refractivity contribution >= 4 is 47.8 Å². The molecule has 0 spiro atoms. The fraction of sp³-hybridized carbons (Fsp3) is 0.579. The summed E-state index contributed by atoms with van der Waals surface area (Å²) in [5.41, 5.74) is 9.90. The Hall–Kier alpha value is -8.24. The van der Waals surface area contributed by atoms with Crippen LogP contribution in [0.25, 0.3) is 0 Å². The van der Waals surface area contributed by atoms with Crippen LogP contribution >= 0.6 is 0 Å². The van der Waals surface area contributed by atoms with E-state index in [9.17, 15) is 38.4 Å². The maximum absolute atomic E-state index is 12.7. The number of unbranched alkanes of at least 4 members (excludes halogenated alkanes) is 2. The zero-order valence-electron chi connectivity index (χ0n) is 59.1. The predicted octanol–water partition coefficient (Wildman–Crippen LogP) is 11.2. The molecule has 4 aromatic carbocycles. The Kier molecular flexibility index (Phi) is 30.1. The van der Waals surface area contributed by atoms with Gasteiger partial charge in [-0.15, -0.1) is 0 Å². The van der Waals surface area contributed by atoms with E-state index in [0.717, 1.165) is 104 Å². The molecule has 3 aliphatic rings. The second-order valence-corrected chi connectivity index (χ2v) is 25.4. The van der Waals surface area contributed by atoms with Gasteiger partial charge in [-0.3, -0.25) is 38.4 Å². The molecule has 2 fully saturated rings. The molecule has 0 radical (unpaired) electrons. The van der Waals surface area contributed by atoms with Gasteiger partial charge in [0.2, 0.25) is 0 Å². The van der Waals surface area contributed by atoms with Crippen molar-refractivity contribution in [3.05, 3.63) is 116 Å². The molecule has 2 saturated heterocycles. The molecule has 98 heavy (non-hydrogen) atoms. The van der Waals surface area contributed by atoms with Crippen LogP contribution in [0.2, 0.25) is 0 Å². The normalized spacial score (nSPS) is 21.1. The molecule has 4 aromatic rings. The number of rotatable bonds is 32. The van der Waals surface area contributed by atoms with Gasteiger partial charge in [0.25, 0.3) is 0 Å². The lowest BCUT2D eigenvalue weighted by Gasteiger charge is -2.44. The van der Waals surface area contributed by atoms with E-state index in [1.807, 2.05) is 0 Å². The number of carbonyl (C=O) groups is 8. The van der Waals surface area contributed by atoms with Crippen molar-refractivity contribution in [2.45, 2.75) is 247 Å². The Bertz CT molecular complexity index is 3060. The largest absolute Gasteiger partial charge is 0.493 e. The van der Waals surface area contributed by atoms with Crippen LogP contribution in [0, 0.1) is 0 Å². The lowest BCUT2D eigenvalue weighted by atomic mass is 9.88. The van der Waals surface area contributed by atoms with E-state index in [4.69, 9.17) is 66.3 Å². The summed E-state index contributed by atoms with van der Waals surface area (Å²) >= 11 is 0. The monoisotopic (exact) mass is 1360 g/mol. The van der Waals surface area contributed by atoms with Gasteiger partial charge < -0.3 is 66.3 Å². The third-order valence-corrected chi connectivity index (χ3v) is 16.9. The van der Waals surface area contributed by atoms with Crippen LogP contribution < -0.4 is 18.9 Å². The van der Waals surface area contributed by atoms with Gasteiger partial charge in [-0.25, -0.2) is 0 Å². The van der Waals surface area contributed by atoms with Gasteiger partial charge in [0.15, 0.2) is 36.6 Å². The number of para-hydroxylation sites is 2. The zero-order chi connectivity index (χ0) is 71.0. The second-order valence-electron chi connectivity index (χ2n) is 25.4. The first-order valence-corrected chi connectivity index (χ1v) is 34.6. The summed E-state index contributed by atoms with van der Waals surface area (Å²) in [7, 11) is 0. The number of ether oxygens (including phenoxy) is 14. The van der Waals surface area contributed by atoms with E-state index in [1.54, 1.807) is 0 Å². The van der Waals surface area contributed by atoms with Crippen molar-refractivity contribution in [2.24, 2.45) is 0 Å². The molecule has 1 aliphatic carbocycles. The summed E-state index contributed by atoms with van der Waals surface area (Å²) in [6.45, 7) is 19.4. The number of benzene rings is 4. The Morgan fingerprint density at radius 2 is 0.592 bits per heavy atom. The highest BCUT2D eigenvalue weighted by molar-refractivity contribution is 5.70. The maximum Gasteiger partial charge on any atom is 0.303 e. The first-order chi connectivity index (χ1) is 47.0. The van der Waals surface area contributed by atoms with Crippen LogP contribution in [0.3, 0.4) is 0 Å². The molecule has 0 N–H and O–H groups in total. The van der Waals surface area contributed by atoms with Gasteiger partial charge in [-0.05, 0) is 120 Å². The molecule has 22 nitrogen and oxygen atoms in total. The van der Waals surface area contributed by atoms with Crippen molar-refractivity contribution in [1.82, 2.24) is 0 Å². The molecule has 2 heterocycles. The van der Waals surface area contributed by atoms with Crippen molar-refractivity contribution in [3.8, 4) is 23.0 Å². The van der Waals surface area contributed by atoms with Crippen LogP contribution in [0.5, 0.6) is 23.0 Å². The van der Waals surface area contributed by atoms with Gasteiger partial charge in [0, 0.05) is 81.1 Å². The number of esters is 8. The Morgan fingerprint density at radius 3 is 0.847 bits per heavy atom. The SMILES string of the molecule is CCCOc1c2cccc1Cc1cc(CCCC[C@@H]3O[C@H](COC(C)=O)[C@H](OC(C)=O)[C@H](OC(C)=O)[C@H]3OC(C)=O)cc(c1OCCC)Cc1cccc(c1OCCC)Cc1cc(CCCC[C@@H]3O[C@H](COC(C)=O)[C@H](OC(C)=O)[C@H](OC(C)=O)[C@H]3OC(C)=O)cc(c1OCCC)C2.